The molecule has 0 atom stereocenters. The molecule has 18 heavy (non-hydrogen) atoms. The minimum atomic E-state index is -1.38. The number of hydrogen-bond donors (Lipinski definition) is 0. The monoisotopic (exact) mass is 270 g/mol. The van der Waals surface area contributed by atoms with Crippen LogP contribution in [0.5, 0.6) is 11.5 Å². The van der Waals surface area contributed by atoms with Gasteiger partial charge in [-0.25, -0.2) is 0 Å². The summed E-state index contributed by atoms with van der Waals surface area (Å²) in [6, 6.07) is 6.09. The molecule has 0 N–H and O–H groups in total. The molecule has 1 aromatic carbocycles. The molecule has 8 heteroatoms. The molecule has 0 spiro atoms. The van der Waals surface area contributed by atoms with E-state index in [2.05, 4.69) is 0 Å². The quantitative estimate of drug-likeness (QED) is 0.476. The summed E-state index contributed by atoms with van der Waals surface area (Å²) in [7, 11) is 0. The molecule has 0 saturated carbocycles. The van der Waals surface area contributed by atoms with Crippen molar-refractivity contribution in [3.05, 3.63) is 24.3 Å². The number of carbonyl (C=O) groups is 2. The van der Waals surface area contributed by atoms with Gasteiger partial charge >= 0.3 is 59.1 Å². The molecular formula is C10H8Na2O6. The van der Waals surface area contributed by atoms with Crippen molar-refractivity contribution in [1.82, 2.24) is 0 Å². The maximum atomic E-state index is 10.2. The third-order valence-corrected chi connectivity index (χ3v) is 1.54. The van der Waals surface area contributed by atoms with E-state index in [0.29, 0.717) is 0 Å². The molecule has 86 valence electrons. The van der Waals surface area contributed by atoms with Crippen LogP contribution in [0.25, 0.3) is 0 Å². The minimum Gasteiger partial charge on any atom is -0.546 e. The van der Waals surface area contributed by atoms with Crippen molar-refractivity contribution in [2.24, 2.45) is 0 Å². The number of hydrogen-bond acceptors (Lipinski definition) is 6. The second kappa shape index (κ2) is 10.7. The molecule has 6 nitrogen and oxygen atoms in total. The Morgan fingerprint density at radius 3 is 1.50 bits per heavy atom. The Bertz CT molecular complexity index is 359. The maximum Gasteiger partial charge on any atom is 1.00 e. The molecule has 0 aliphatic heterocycles. The van der Waals surface area contributed by atoms with Gasteiger partial charge in [-0.1, -0.05) is 12.1 Å². The summed E-state index contributed by atoms with van der Waals surface area (Å²) in [5.74, 6) is -2.50. The molecule has 0 radical (unpaired) electrons. The average Bonchev–Trinajstić information content (AvgIpc) is 2.24. The molecule has 0 bridgehead atoms. The molecule has 0 saturated heterocycles. The van der Waals surface area contributed by atoms with Gasteiger partial charge in [0, 0.05) is 0 Å². The number of carboxylic acid groups (broad SMARTS) is 2. The predicted octanol–water partition coefficient (Wildman–Crippen LogP) is -8.05. The van der Waals surface area contributed by atoms with Crippen LogP contribution in [0.4, 0.5) is 0 Å². The Morgan fingerprint density at radius 2 is 1.22 bits per heavy atom. The fraction of sp³-hybridized carbons (Fsp3) is 0.200. The van der Waals surface area contributed by atoms with Gasteiger partial charge in [0.25, 0.3) is 0 Å². The van der Waals surface area contributed by atoms with Gasteiger partial charge in [-0.15, -0.1) is 0 Å². The first-order valence-corrected chi connectivity index (χ1v) is 4.34. The third kappa shape index (κ3) is 7.97. The van der Waals surface area contributed by atoms with Gasteiger partial charge in [-0.05, 0) is 12.1 Å². The molecule has 0 aliphatic carbocycles. The van der Waals surface area contributed by atoms with Crippen LogP contribution in [0, 0.1) is 0 Å². The van der Waals surface area contributed by atoms with Gasteiger partial charge in [-0.2, -0.15) is 0 Å². The number of para-hydroxylation sites is 2. The van der Waals surface area contributed by atoms with Crippen molar-refractivity contribution in [2.75, 3.05) is 13.2 Å². The number of rotatable bonds is 6. The molecule has 0 aliphatic rings. The van der Waals surface area contributed by atoms with Gasteiger partial charge < -0.3 is 29.3 Å². The molecular weight excluding hydrogens is 262 g/mol. The first-order valence-electron chi connectivity index (χ1n) is 4.34. The standard InChI is InChI=1S/C10H10O6.2Na/c11-9(12)5-15-7-3-1-2-4-8(7)16-6-10(13)14;;/h1-4H,5-6H2,(H,11,12)(H,13,14);;/q;2*+1/p-2. The van der Waals surface area contributed by atoms with Crippen LogP contribution < -0.4 is 78.8 Å². The summed E-state index contributed by atoms with van der Waals surface area (Å²) >= 11 is 0. The number of carbonyl (C=O) groups excluding carboxylic acids is 2. The van der Waals surface area contributed by atoms with E-state index in [4.69, 9.17) is 9.47 Å². The van der Waals surface area contributed by atoms with Gasteiger partial charge in [-0.3, -0.25) is 0 Å². The Morgan fingerprint density at radius 1 is 0.889 bits per heavy atom. The van der Waals surface area contributed by atoms with Gasteiger partial charge in [0.15, 0.2) is 11.5 Å². The van der Waals surface area contributed by atoms with E-state index in [1.807, 2.05) is 0 Å². The number of aliphatic carboxylic acids is 2. The van der Waals surface area contributed by atoms with Crippen molar-refractivity contribution in [1.29, 1.82) is 0 Å². The number of benzene rings is 1. The summed E-state index contributed by atoms with van der Waals surface area (Å²) in [5.41, 5.74) is 0. The molecule has 0 unspecified atom stereocenters. The predicted molar refractivity (Wildman–Crippen MR) is 47.4 cm³/mol. The summed E-state index contributed by atoms with van der Waals surface area (Å²) in [6.07, 6.45) is 0. The van der Waals surface area contributed by atoms with Crippen molar-refractivity contribution in [3.63, 3.8) is 0 Å². The van der Waals surface area contributed by atoms with Crippen LogP contribution in [-0.4, -0.2) is 25.2 Å². The molecule has 1 aromatic rings. The van der Waals surface area contributed by atoms with Crippen molar-refractivity contribution < 1.29 is 88.4 Å². The maximum absolute atomic E-state index is 10.2. The van der Waals surface area contributed by atoms with Crippen LogP contribution in [0.15, 0.2) is 24.3 Å². The summed E-state index contributed by atoms with van der Waals surface area (Å²) in [6.45, 7) is -1.27. The second-order valence-electron chi connectivity index (χ2n) is 2.77. The van der Waals surface area contributed by atoms with E-state index in [1.54, 1.807) is 12.1 Å². The number of carboxylic acids is 2. The van der Waals surface area contributed by atoms with Crippen molar-refractivity contribution >= 4 is 11.9 Å². The van der Waals surface area contributed by atoms with Crippen molar-refractivity contribution in [3.8, 4) is 11.5 Å². The van der Waals surface area contributed by atoms with Gasteiger partial charge in [0.2, 0.25) is 0 Å². The first-order chi connectivity index (χ1) is 7.59. The van der Waals surface area contributed by atoms with Crippen LogP contribution in [0.3, 0.4) is 0 Å². The Balaban J connectivity index is 0. The largest absolute Gasteiger partial charge is 1.00 e. The zero-order chi connectivity index (χ0) is 12.0. The van der Waals surface area contributed by atoms with Crippen LogP contribution in [-0.2, 0) is 9.59 Å². The Labute approximate surface area is 148 Å². The first kappa shape index (κ1) is 20.1. The second-order valence-corrected chi connectivity index (χ2v) is 2.77. The molecule has 0 fully saturated rings. The van der Waals surface area contributed by atoms with E-state index in [-0.39, 0.29) is 70.6 Å². The average molecular weight is 270 g/mol. The Hall–Kier alpha value is -0.240. The van der Waals surface area contributed by atoms with Crippen LogP contribution in [0.2, 0.25) is 0 Å². The molecule has 0 amide bonds. The smallest absolute Gasteiger partial charge is 0.546 e. The van der Waals surface area contributed by atoms with E-state index in [0.717, 1.165) is 0 Å². The summed E-state index contributed by atoms with van der Waals surface area (Å²) in [5, 5.41) is 20.3. The molecule has 0 aromatic heterocycles. The van der Waals surface area contributed by atoms with Crippen LogP contribution in [0.1, 0.15) is 0 Å². The minimum absolute atomic E-state index is 0. The number of ether oxygens (including phenoxy) is 2. The van der Waals surface area contributed by atoms with E-state index >= 15 is 0 Å². The van der Waals surface area contributed by atoms with E-state index in [9.17, 15) is 19.8 Å². The third-order valence-electron chi connectivity index (χ3n) is 1.54. The summed E-state index contributed by atoms with van der Waals surface area (Å²) in [4.78, 5) is 20.3. The zero-order valence-electron chi connectivity index (χ0n) is 10.2. The van der Waals surface area contributed by atoms with Gasteiger partial charge in [0.1, 0.15) is 13.2 Å². The molecule has 0 heterocycles. The zero-order valence-corrected chi connectivity index (χ0v) is 14.2. The molecule has 1 rings (SSSR count). The fourth-order valence-corrected chi connectivity index (χ4v) is 0.962. The van der Waals surface area contributed by atoms with E-state index in [1.165, 1.54) is 12.1 Å². The van der Waals surface area contributed by atoms with Crippen molar-refractivity contribution in [2.45, 2.75) is 0 Å². The van der Waals surface area contributed by atoms with Crippen LogP contribution >= 0.6 is 0 Å². The van der Waals surface area contributed by atoms with Gasteiger partial charge in [0.05, 0.1) is 11.9 Å². The fourth-order valence-electron chi connectivity index (χ4n) is 0.962. The summed E-state index contributed by atoms with van der Waals surface area (Å²) < 4.78 is 9.66. The Kier molecular flexibility index (Phi) is 11.9. The topological polar surface area (TPSA) is 98.7 Å². The SMILES string of the molecule is O=C([O-])COc1ccccc1OCC(=O)[O-].[Na+].[Na+]. The van der Waals surface area contributed by atoms with E-state index < -0.39 is 25.2 Å². The normalized spacial score (nSPS) is 8.44.